The molecule has 2 nitrogen and oxygen atoms in total. The molecule has 0 spiro atoms. The van der Waals surface area contributed by atoms with Crippen LogP contribution in [-0.4, -0.2) is 18.9 Å². The Hall–Kier alpha value is -0.370. The van der Waals surface area contributed by atoms with Crippen LogP contribution in [0.4, 0.5) is 0 Å². The molecule has 1 fully saturated rings. The first-order valence-corrected chi connectivity index (χ1v) is 5.49. The van der Waals surface area contributed by atoms with E-state index in [1.54, 1.807) is 6.92 Å². The van der Waals surface area contributed by atoms with Crippen molar-refractivity contribution in [3.05, 3.63) is 0 Å². The molecule has 0 heterocycles. The molecule has 0 unspecified atom stereocenters. The summed E-state index contributed by atoms with van der Waals surface area (Å²) in [6.45, 7) is 3.84. The van der Waals surface area contributed by atoms with Crippen LogP contribution in [0, 0.1) is 5.92 Å². The SMILES string of the molecule is CC(=O)CCCNCC1CCCC1. The summed E-state index contributed by atoms with van der Waals surface area (Å²) in [6, 6.07) is 0. The van der Waals surface area contributed by atoms with Gasteiger partial charge in [-0.05, 0) is 45.2 Å². The highest BCUT2D eigenvalue weighted by atomic mass is 16.1. The predicted molar refractivity (Wildman–Crippen MR) is 54.7 cm³/mol. The first-order valence-electron chi connectivity index (χ1n) is 5.49. The second-order valence-electron chi connectivity index (χ2n) is 4.16. The normalized spacial score (nSPS) is 17.9. The number of hydrogen-bond donors (Lipinski definition) is 1. The van der Waals surface area contributed by atoms with Gasteiger partial charge in [0.05, 0.1) is 0 Å². The van der Waals surface area contributed by atoms with Crippen LogP contribution < -0.4 is 5.32 Å². The number of rotatable bonds is 6. The topological polar surface area (TPSA) is 29.1 Å². The Bertz CT molecular complexity index is 150. The fourth-order valence-corrected chi connectivity index (χ4v) is 1.98. The Morgan fingerprint density at radius 1 is 1.38 bits per heavy atom. The van der Waals surface area contributed by atoms with Crippen molar-refractivity contribution in [3.8, 4) is 0 Å². The standard InChI is InChI=1S/C11H21NO/c1-10(13)5-4-8-12-9-11-6-2-3-7-11/h11-12H,2-9H2,1H3. The lowest BCUT2D eigenvalue weighted by molar-refractivity contribution is -0.117. The van der Waals surface area contributed by atoms with Crippen LogP contribution in [-0.2, 0) is 4.79 Å². The summed E-state index contributed by atoms with van der Waals surface area (Å²) in [6.07, 6.45) is 7.37. The van der Waals surface area contributed by atoms with Gasteiger partial charge in [-0.15, -0.1) is 0 Å². The van der Waals surface area contributed by atoms with Crippen molar-refractivity contribution in [1.29, 1.82) is 0 Å². The van der Waals surface area contributed by atoms with E-state index in [1.165, 1.54) is 25.7 Å². The van der Waals surface area contributed by atoms with E-state index in [0.717, 1.165) is 31.8 Å². The van der Waals surface area contributed by atoms with E-state index in [1.807, 2.05) is 0 Å². The predicted octanol–water partition coefficient (Wildman–Crippen LogP) is 2.14. The van der Waals surface area contributed by atoms with Crippen molar-refractivity contribution >= 4 is 5.78 Å². The van der Waals surface area contributed by atoms with Gasteiger partial charge in [-0.2, -0.15) is 0 Å². The molecule has 0 atom stereocenters. The number of hydrogen-bond acceptors (Lipinski definition) is 2. The molecule has 0 bridgehead atoms. The fourth-order valence-electron chi connectivity index (χ4n) is 1.98. The second-order valence-corrected chi connectivity index (χ2v) is 4.16. The third kappa shape index (κ3) is 5.04. The van der Waals surface area contributed by atoms with Crippen LogP contribution in [0.3, 0.4) is 0 Å². The first-order chi connectivity index (χ1) is 6.29. The largest absolute Gasteiger partial charge is 0.316 e. The Kier molecular flexibility index (Phi) is 5.06. The highest BCUT2D eigenvalue weighted by Crippen LogP contribution is 2.23. The third-order valence-electron chi connectivity index (χ3n) is 2.79. The van der Waals surface area contributed by atoms with Gasteiger partial charge in [-0.3, -0.25) is 0 Å². The van der Waals surface area contributed by atoms with Gasteiger partial charge in [0.2, 0.25) is 0 Å². The summed E-state index contributed by atoms with van der Waals surface area (Å²) >= 11 is 0. The van der Waals surface area contributed by atoms with E-state index in [-0.39, 0.29) is 0 Å². The molecule has 1 saturated carbocycles. The van der Waals surface area contributed by atoms with Gasteiger partial charge in [-0.1, -0.05) is 12.8 Å². The summed E-state index contributed by atoms with van der Waals surface area (Å²) in [5.74, 6) is 1.22. The molecule has 0 saturated heterocycles. The van der Waals surface area contributed by atoms with Crippen LogP contribution >= 0.6 is 0 Å². The molecule has 2 heteroatoms. The number of Topliss-reactive ketones (excluding diaryl/α,β-unsaturated/α-hetero) is 1. The van der Waals surface area contributed by atoms with Crippen molar-refractivity contribution in [2.45, 2.75) is 45.4 Å². The zero-order valence-corrected chi connectivity index (χ0v) is 8.64. The van der Waals surface area contributed by atoms with Crippen LogP contribution in [0.5, 0.6) is 0 Å². The molecule has 0 aromatic rings. The highest BCUT2D eigenvalue weighted by Gasteiger charge is 2.13. The van der Waals surface area contributed by atoms with E-state index in [2.05, 4.69) is 5.32 Å². The van der Waals surface area contributed by atoms with Crippen molar-refractivity contribution < 1.29 is 4.79 Å². The lowest BCUT2D eigenvalue weighted by Gasteiger charge is -2.09. The lowest BCUT2D eigenvalue weighted by Crippen LogP contribution is -2.22. The smallest absolute Gasteiger partial charge is 0.129 e. The first kappa shape index (κ1) is 10.7. The maximum absolute atomic E-state index is 10.6. The van der Waals surface area contributed by atoms with Crippen molar-refractivity contribution in [2.75, 3.05) is 13.1 Å². The summed E-state index contributed by atoms with van der Waals surface area (Å²) in [5.41, 5.74) is 0. The minimum atomic E-state index is 0.308. The molecule has 0 aromatic carbocycles. The molecule has 0 aromatic heterocycles. The van der Waals surface area contributed by atoms with Gasteiger partial charge in [0.1, 0.15) is 5.78 Å². The van der Waals surface area contributed by atoms with Gasteiger partial charge >= 0.3 is 0 Å². The van der Waals surface area contributed by atoms with E-state index < -0.39 is 0 Å². The Balaban J connectivity index is 1.86. The minimum absolute atomic E-state index is 0.308. The summed E-state index contributed by atoms with van der Waals surface area (Å²) < 4.78 is 0. The molecule has 76 valence electrons. The maximum atomic E-state index is 10.6. The van der Waals surface area contributed by atoms with E-state index in [4.69, 9.17) is 0 Å². The van der Waals surface area contributed by atoms with Crippen LogP contribution in [0.25, 0.3) is 0 Å². The molecule has 0 aliphatic heterocycles. The van der Waals surface area contributed by atoms with Gasteiger partial charge < -0.3 is 10.1 Å². The van der Waals surface area contributed by atoms with Crippen molar-refractivity contribution in [1.82, 2.24) is 5.32 Å². The summed E-state index contributed by atoms with van der Waals surface area (Å²) in [5, 5.41) is 3.43. The van der Waals surface area contributed by atoms with Gasteiger partial charge in [0.15, 0.2) is 0 Å². The average Bonchev–Trinajstić information content (AvgIpc) is 2.55. The van der Waals surface area contributed by atoms with E-state index in [9.17, 15) is 4.79 Å². The molecule has 13 heavy (non-hydrogen) atoms. The third-order valence-corrected chi connectivity index (χ3v) is 2.79. The average molecular weight is 183 g/mol. The lowest BCUT2D eigenvalue weighted by atomic mass is 10.1. The number of ketones is 1. The zero-order chi connectivity index (χ0) is 9.52. The quantitative estimate of drug-likeness (QED) is 0.639. The summed E-state index contributed by atoms with van der Waals surface area (Å²) in [4.78, 5) is 10.6. The Morgan fingerprint density at radius 3 is 2.69 bits per heavy atom. The Labute approximate surface area is 81.1 Å². The zero-order valence-electron chi connectivity index (χ0n) is 8.64. The molecule has 1 aliphatic rings. The molecule has 1 rings (SSSR count). The van der Waals surface area contributed by atoms with Crippen molar-refractivity contribution in [2.24, 2.45) is 5.92 Å². The van der Waals surface area contributed by atoms with Crippen molar-refractivity contribution in [3.63, 3.8) is 0 Å². The fraction of sp³-hybridized carbons (Fsp3) is 0.909. The van der Waals surface area contributed by atoms with E-state index in [0.29, 0.717) is 5.78 Å². The number of nitrogens with one attached hydrogen (secondary N) is 1. The molecular formula is C11H21NO. The second kappa shape index (κ2) is 6.14. The van der Waals surface area contributed by atoms with Gasteiger partial charge in [0, 0.05) is 6.42 Å². The highest BCUT2D eigenvalue weighted by molar-refractivity contribution is 5.75. The monoisotopic (exact) mass is 183 g/mol. The Morgan fingerprint density at radius 2 is 2.08 bits per heavy atom. The molecule has 1 aliphatic carbocycles. The van der Waals surface area contributed by atoms with Crippen LogP contribution in [0.2, 0.25) is 0 Å². The number of carbonyl (C=O) groups is 1. The molecule has 0 amide bonds. The van der Waals surface area contributed by atoms with Gasteiger partial charge in [-0.25, -0.2) is 0 Å². The molecule has 0 radical (unpaired) electrons. The summed E-state index contributed by atoms with van der Waals surface area (Å²) in [7, 11) is 0. The van der Waals surface area contributed by atoms with E-state index >= 15 is 0 Å². The minimum Gasteiger partial charge on any atom is -0.316 e. The molecular weight excluding hydrogens is 162 g/mol. The van der Waals surface area contributed by atoms with Crippen LogP contribution in [0.1, 0.15) is 45.4 Å². The van der Waals surface area contributed by atoms with Crippen LogP contribution in [0.15, 0.2) is 0 Å². The van der Waals surface area contributed by atoms with Gasteiger partial charge in [0.25, 0.3) is 0 Å². The maximum Gasteiger partial charge on any atom is 0.129 e. The number of carbonyl (C=O) groups excluding carboxylic acids is 1. The molecule has 1 N–H and O–H groups in total.